The van der Waals surface area contributed by atoms with Gasteiger partial charge in [-0.3, -0.25) is 4.90 Å². The van der Waals surface area contributed by atoms with E-state index in [1.807, 2.05) is 0 Å². The molecule has 112 valence electrons. The lowest BCUT2D eigenvalue weighted by Crippen LogP contribution is -2.46. The Kier molecular flexibility index (Phi) is 6.51. The van der Waals surface area contributed by atoms with Crippen LogP contribution in [0.25, 0.3) is 0 Å². The number of methoxy groups -OCH3 is 1. The van der Waals surface area contributed by atoms with Crippen molar-refractivity contribution in [3.05, 3.63) is 11.6 Å². The normalized spacial score (nSPS) is 21.1. The first-order valence-electron chi connectivity index (χ1n) is 7.49. The standard InChI is InChI=1S/C16H32N2O/c1-13(11-17-16(3,4)5)14(2)18-9-7-15(8-10-18)12-19-6/h7,13-14,17H,8-12H2,1-6H3. The van der Waals surface area contributed by atoms with Crippen LogP contribution < -0.4 is 5.32 Å². The highest BCUT2D eigenvalue weighted by Crippen LogP contribution is 2.18. The third kappa shape index (κ3) is 6.07. The Labute approximate surface area is 119 Å². The summed E-state index contributed by atoms with van der Waals surface area (Å²) < 4.78 is 5.20. The van der Waals surface area contributed by atoms with Gasteiger partial charge >= 0.3 is 0 Å². The van der Waals surface area contributed by atoms with Gasteiger partial charge in [0.1, 0.15) is 0 Å². The number of hydrogen-bond donors (Lipinski definition) is 1. The van der Waals surface area contributed by atoms with Crippen LogP contribution in [0.5, 0.6) is 0 Å². The van der Waals surface area contributed by atoms with Crippen molar-refractivity contribution >= 4 is 0 Å². The summed E-state index contributed by atoms with van der Waals surface area (Å²) in [5.74, 6) is 0.664. The monoisotopic (exact) mass is 268 g/mol. The molecule has 0 radical (unpaired) electrons. The van der Waals surface area contributed by atoms with Gasteiger partial charge in [-0.2, -0.15) is 0 Å². The fraction of sp³-hybridized carbons (Fsp3) is 0.875. The van der Waals surface area contributed by atoms with Gasteiger partial charge in [0.2, 0.25) is 0 Å². The van der Waals surface area contributed by atoms with Gasteiger partial charge in [-0.25, -0.2) is 0 Å². The lowest BCUT2D eigenvalue weighted by atomic mass is 9.98. The zero-order valence-electron chi connectivity index (χ0n) is 13.6. The molecular weight excluding hydrogens is 236 g/mol. The SMILES string of the molecule is COCC1=CCN(C(C)C(C)CNC(C)(C)C)CC1. The summed E-state index contributed by atoms with van der Waals surface area (Å²) in [6.07, 6.45) is 3.49. The van der Waals surface area contributed by atoms with Gasteiger partial charge in [0.25, 0.3) is 0 Å². The Bertz CT molecular complexity index is 294. The molecule has 0 aliphatic carbocycles. The lowest BCUT2D eigenvalue weighted by Gasteiger charge is -2.36. The summed E-state index contributed by atoms with van der Waals surface area (Å²) in [6, 6.07) is 0.621. The number of hydrogen-bond acceptors (Lipinski definition) is 3. The third-order valence-electron chi connectivity index (χ3n) is 4.02. The first-order chi connectivity index (χ1) is 8.83. The third-order valence-corrected chi connectivity index (χ3v) is 4.02. The summed E-state index contributed by atoms with van der Waals surface area (Å²) in [5.41, 5.74) is 1.66. The maximum atomic E-state index is 5.20. The van der Waals surface area contributed by atoms with Crippen molar-refractivity contribution < 1.29 is 4.74 Å². The summed E-state index contributed by atoms with van der Waals surface area (Å²) in [7, 11) is 1.77. The minimum absolute atomic E-state index is 0.210. The van der Waals surface area contributed by atoms with Crippen LogP contribution in [0.2, 0.25) is 0 Å². The van der Waals surface area contributed by atoms with Crippen molar-refractivity contribution in [3.8, 4) is 0 Å². The minimum atomic E-state index is 0.210. The molecule has 1 rings (SSSR count). The molecule has 0 aromatic rings. The van der Waals surface area contributed by atoms with Crippen molar-refractivity contribution in [1.82, 2.24) is 10.2 Å². The van der Waals surface area contributed by atoms with Crippen LogP contribution in [-0.2, 0) is 4.74 Å². The molecule has 0 aromatic heterocycles. The largest absolute Gasteiger partial charge is 0.380 e. The molecule has 0 fully saturated rings. The smallest absolute Gasteiger partial charge is 0.0673 e. The van der Waals surface area contributed by atoms with E-state index in [4.69, 9.17) is 4.74 Å². The Morgan fingerprint density at radius 2 is 2.05 bits per heavy atom. The number of nitrogens with zero attached hydrogens (tertiary/aromatic N) is 1. The van der Waals surface area contributed by atoms with Crippen LogP contribution in [0.15, 0.2) is 11.6 Å². The summed E-state index contributed by atoms with van der Waals surface area (Å²) >= 11 is 0. The Balaban J connectivity index is 2.39. The van der Waals surface area contributed by atoms with E-state index in [2.05, 4.69) is 50.9 Å². The quantitative estimate of drug-likeness (QED) is 0.750. The summed E-state index contributed by atoms with van der Waals surface area (Å²) in [6.45, 7) is 15.5. The zero-order valence-corrected chi connectivity index (χ0v) is 13.6. The van der Waals surface area contributed by atoms with Crippen molar-refractivity contribution in [1.29, 1.82) is 0 Å². The van der Waals surface area contributed by atoms with Crippen molar-refractivity contribution in [3.63, 3.8) is 0 Å². The molecule has 0 aromatic carbocycles. The van der Waals surface area contributed by atoms with E-state index in [1.165, 1.54) is 5.57 Å². The molecule has 0 bridgehead atoms. The van der Waals surface area contributed by atoms with Crippen LogP contribution in [0.1, 0.15) is 41.0 Å². The average Bonchev–Trinajstić information content (AvgIpc) is 2.35. The molecule has 3 heteroatoms. The molecule has 1 heterocycles. The molecule has 0 amide bonds. The van der Waals surface area contributed by atoms with Crippen LogP contribution in [-0.4, -0.2) is 49.8 Å². The van der Waals surface area contributed by atoms with E-state index in [0.29, 0.717) is 12.0 Å². The molecular formula is C16H32N2O. The maximum absolute atomic E-state index is 5.20. The average molecular weight is 268 g/mol. The van der Waals surface area contributed by atoms with E-state index in [0.717, 1.165) is 32.7 Å². The predicted molar refractivity (Wildman–Crippen MR) is 82.5 cm³/mol. The van der Waals surface area contributed by atoms with Gasteiger partial charge in [0.05, 0.1) is 6.61 Å². The predicted octanol–water partition coefficient (Wildman–Crippen LogP) is 2.68. The second-order valence-corrected chi connectivity index (χ2v) is 6.89. The van der Waals surface area contributed by atoms with Crippen LogP contribution in [0.4, 0.5) is 0 Å². The van der Waals surface area contributed by atoms with Gasteiger partial charge in [0, 0.05) is 31.8 Å². The van der Waals surface area contributed by atoms with Crippen LogP contribution >= 0.6 is 0 Å². The molecule has 19 heavy (non-hydrogen) atoms. The minimum Gasteiger partial charge on any atom is -0.380 e. The van der Waals surface area contributed by atoms with E-state index < -0.39 is 0 Å². The maximum Gasteiger partial charge on any atom is 0.0673 e. The second-order valence-electron chi connectivity index (χ2n) is 6.89. The van der Waals surface area contributed by atoms with E-state index in [-0.39, 0.29) is 5.54 Å². The molecule has 2 unspecified atom stereocenters. The number of ether oxygens (including phenoxy) is 1. The summed E-state index contributed by atoms with van der Waals surface area (Å²) in [5, 5.41) is 3.61. The Morgan fingerprint density at radius 3 is 2.53 bits per heavy atom. The van der Waals surface area contributed by atoms with Gasteiger partial charge in [-0.1, -0.05) is 13.0 Å². The first-order valence-corrected chi connectivity index (χ1v) is 7.49. The molecule has 2 atom stereocenters. The van der Waals surface area contributed by atoms with E-state index in [9.17, 15) is 0 Å². The fourth-order valence-corrected chi connectivity index (χ4v) is 2.41. The molecule has 0 spiro atoms. The van der Waals surface area contributed by atoms with Gasteiger partial charge < -0.3 is 10.1 Å². The van der Waals surface area contributed by atoms with Gasteiger partial charge in [-0.05, 0) is 52.2 Å². The van der Waals surface area contributed by atoms with E-state index in [1.54, 1.807) is 7.11 Å². The van der Waals surface area contributed by atoms with Crippen LogP contribution in [0.3, 0.4) is 0 Å². The molecule has 0 saturated carbocycles. The topological polar surface area (TPSA) is 24.5 Å². The molecule has 3 nitrogen and oxygen atoms in total. The first kappa shape index (κ1) is 16.7. The summed E-state index contributed by atoms with van der Waals surface area (Å²) in [4.78, 5) is 2.58. The Hall–Kier alpha value is -0.380. The highest BCUT2D eigenvalue weighted by molar-refractivity contribution is 5.08. The Morgan fingerprint density at radius 1 is 1.37 bits per heavy atom. The molecule has 1 aliphatic heterocycles. The molecule has 1 aliphatic rings. The fourth-order valence-electron chi connectivity index (χ4n) is 2.41. The van der Waals surface area contributed by atoms with Crippen molar-refractivity contribution in [2.75, 3.05) is 33.4 Å². The van der Waals surface area contributed by atoms with E-state index >= 15 is 0 Å². The van der Waals surface area contributed by atoms with Gasteiger partial charge in [-0.15, -0.1) is 0 Å². The zero-order chi connectivity index (χ0) is 14.5. The number of rotatable bonds is 6. The second kappa shape index (κ2) is 7.41. The number of nitrogens with one attached hydrogen (secondary N) is 1. The highest BCUT2D eigenvalue weighted by Gasteiger charge is 2.23. The van der Waals surface area contributed by atoms with Crippen molar-refractivity contribution in [2.24, 2.45) is 5.92 Å². The highest BCUT2D eigenvalue weighted by atomic mass is 16.5. The van der Waals surface area contributed by atoms with Crippen LogP contribution in [0, 0.1) is 5.92 Å². The van der Waals surface area contributed by atoms with Gasteiger partial charge in [0.15, 0.2) is 0 Å². The molecule has 1 N–H and O–H groups in total. The van der Waals surface area contributed by atoms with Crippen molar-refractivity contribution in [2.45, 2.75) is 52.6 Å². The molecule has 0 saturated heterocycles. The lowest BCUT2D eigenvalue weighted by molar-refractivity contribution is 0.157.